The number of fused-ring (bicyclic) bond motifs is 1. The van der Waals surface area contributed by atoms with E-state index in [-0.39, 0.29) is 17.0 Å². The topological polar surface area (TPSA) is 63.7 Å². The molecule has 2 aromatic carbocycles. The Hall–Kier alpha value is -3.02. The molecular formula is C20H18FNO4. The van der Waals surface area contributed by atoms with Crippen molar-refractivity contribution in [2.45, 2.75) is 20.0 Å². The minimum atomic E-state index is -0.872. The first-order valence-electron chi connectivity index (χ1n) is 8.28. The molecule has 0 saturated heterocycles. The van der Waals surface area contributed by atoms with Crippen molar-refractivity contribution in [2.24, 2.45) is 5.92 Å². The molecule has 1 aliphatic rings. The van der Waals surface area contributed by atoms with Crippen LogP contribution in [-0.4, -0.2) is 35.1 Å². The summed E-state index contributed by atoms with van der Waals surface area (Å²) in [5.41, 5.74) is 0.461. The van der Waals surface area contributed by atoms with Gasteiger partial charge in [-0.3, -0.25) is 19.3 Å². The SMILES string of the molecule is CC(C)[C@H]1Oc2ccccc2C(=O)N(CC(=O)c2ccc(F)cc2)C1=O. The molecule has 1 aliphatic heterocycles. The highest BCUT2D eigenvalue weighted by Gasteiger charge is 2.38. The molecular weight excluding hydrogens is 337 g/mol. The van der Waals surface area contributed by atoms with Crippen molar-refractivity contribution in [1.29, 1.82) is 0 Å². The van der Waals surface area contributed by atoms with E-state index < -0.39 is 36.1 Å². The molecule has 0 N–H and O–H groups in total. The smallest absolute Gasteiger partial charge is 0.271 e. The third kappa shape index (κ3) is 3.35. The van der Waals surface area contributed by atoms with Gasteiger partial charge in [0.05, 0.1) is 12.1 Å². The molecule has 0 bridgehead atoms. The van der Waals surface area contributed by atoms with Crippen molar-refractivity contribution in [3.05, 3.63) is 65.5 Å². The zero-order valence-electron chi connectivity index (χ0n) is 14.4. The van der Waals surface area contributed by atoms with Crippen LogP contribution in [0, 0.1) is 11.7 Å². The molecule has 2 amide bonds. The molecule has 0 saturated carbocycles. The zero-order chi connectivity index (χ0) is 18.8. The van der Waals surface area contributed by atoms with Crippen LogP contribution < -0.4 is 4.74 Å². The standard InChI is InChI=1S/C20H18FNO4/c1-12(2)18-20(25)22(11-16(23)13-7-9-14(21)10-8-13)19(24)15-5-3-4-6-17(15)26-18/h3-10,12,18H,11H2,1-2H3/t18-/m1/s1. The average molecular weight is 355 g/mol. The maximum atomic E-state index is 13.0. The summed E-state index contributed by atoms with van der Waals surface area (Å²) in [6.45, 7) is 3.19. The summed E-state index contributed by atoms with van der Waals surface area (Å²) in [4.78, 5) is 39.1. The van der Waals surface area contributed by atoms with Gasteiger partial charge in [0, 0.05) is 5.56 Å². The van der Waals surface area contributed by atoms with Crippen LogP contribution in [0.5, 0.6) is 5.75 Å². The first kappa shape index (κ1) is 17.8. The van der Waals surface area contributed by atoms with Gasteiger partial charge in [-0.05, 0) is 42.3 Å². The van der Waals surface area contributed by atoms with Gasteiger partial charge in [0.1, 0.15) is 11.6 Å². The number of nitrogens with zero attached hydrogens (tertiary/aromatic N) is 1. The molecule has 5 nitrogen and oxygen atoms in total. The lowest BCUT2D eigenvalue weighted by Crippen LogP contribution is -2.47. The van der Waals surface area contributed by atoms with Gasteiger partial charge in [-0.15, -0.1) is 0 Å². The summed E-state index contributed by atoms with van der Waals surface area (Å²) in [5, 5.41) is 0. The third-order valence-electron chi connectivity index (χ3n) is 4.20. The highest BCUT2D eigenvalue weighted by Crippen LogP contribution is 2.28. The van der Waals surface area contributed by atoms with Crippen molar-refractivity contribution in [1.82, 2.24) is 4.90 Å². The molecule has 1 atom stereocenters. The second-order valence-corrected chi connectivity index (χ2v) is 6.44. The Kier molecular flexibility index (Phi) is 4.84. The van der Waals surface area contributed by atoms with Crippen LogP contribution in [0.4, 0.5) is 4.39 Å². The molecule has 6 heteroatoms. The van der Waals surface area contributed by atoms with Crippen molar-refractivity contribution in [3.63, 3.8) is 0 Å². The average Bonchev–Trinajstić information content (AvgIpc) is 2.72. The number of para-hydroxylation sites is 1. The highest BCUT2D eigenvalue weighted by molar-refractivity contribution is 6.12. The molecule has 2 aromatic rings. The highest BCUT2D eigenvalue weighted by atomic mass is 19.1. The van der Waals surface area contributed by atoms with Gasteiger partial charge in [0.15, 0.2) is 11.9 Å². The number of ether oxygens (including phenoxy) is 1. The van der Waals surface area contributed by atoms with E-state index in [2.05, 4.69) is 0 Å². The quantitative estimate of drug-likeness (QED) is 0.624. The molecule has 26 heavy (non-hydrogen) atoms. The first-order valence-corrected chi connectivity index (χ1v) is 8.28. The van der Waals surface area contributed by atoms with E-state index in [1.807, 2.05) is 0 Å². The molecule has 0 fully saturated rings. The molecule has 0 unspecified atom stereocenters. The number of imide groups is 1. The Morgan fingerprint density at radius 2 is 1.77 bits per heavy atom. The summed E-state index contributed by atoms with van der Waals surface area (Å²) in [5.74, 6) is -1.92. The fourth-order valence-corrected chi connectivity index (χ4v) is 2.77. The number of hydrogen-bond acceptors (Lipinski definition) is 4. The lowest BCUT2D eigenvalue weighted by Gasteiger charge is -2.24. The van der Waals surface area contributed by atoms with Crippen LogP contribution >= 0.6 is 0 Å². The lowest BCUT2D eigenvalue weighted by molar-refractivity contribution is -0.136. The van der Waals surface area contributed by atoms with Gasteiger partial charge < -0.3 is 4.74 Å². The van der Waals surface area contributed by atoms with Gasteiger partial charge in [-0.2, -0.15) is 0 Å². The number of carbonyl (C=O) groups excluding carboxylic acids is 3. The largest absolute Gasteiger partial charge is 0.479 e. The molecule has 3 rings (SSSR count). The maximum Gasteiger partial charge on any atom is 0.271 e. The summed E-state index contributed by atoms with van der Waals surface area (Å²) < 4.78 is 18.8. The fourth-order valence-electron chi connectivity index (χ4n) is 2.77. The summed E-state index contributed by atoms with van der Waals surface area (Å²) in [7, 11) is 0. The van der Waals surface area contributed by atoms with Gasteiger partial charge in [0.25, 0.3) is 11.8 Å². The molecule has 0 radical (unpaired) electrons. The Morgan fingerprint density at radius 3 is 2.42 bits per heavy atom. The van der Waals surface area contributed by atoms with Gasteiger partial charge >= 0.3 is 0 Å². The van der Waals surface area contributed by atoms with Gasteiger partial charge in [-0.1, -0.05) is 26.0 Å². The second kappa shape index (κ2) is 7.07. The van der Waals surface area contributed by atoms with Crippen LogP contribution in [0.3, 0.4) is 0 Å². The first-order chi connectivity index (χ1) is 12.4. The van der Waals surface area contributed by atoms with E-state index in [4.69, 9.17) is 4.74 Å². The van der Waals surface area contributed by atoms with Crippen LogP contribution in [0.25, 0.3) is 0 Å². The number of hydrogen-bond donors (Lipinski definition) is 0. The second-order valence-electron chi connectivity index (χ2n) is 6.44. The Balaban J connectivity index is 1.95. The van der Waals surface area contributed by atoms with Gasteiger partial charge in [-0.25, -0.2) is 4.39 Å². The monoisotopic (exact) mass is 355 g/mol. The number of ketones is 1. The molecule has 1 heterocycles. The summed E-state index contributed by atoms with van der Waals surface area (Å²) >= 11 is 0. The van der Waals surface area contributed by atoms with E-state index >= 15 is 0 Å². The minimum absolute atomic E-state index is 0.190. The van der Waals surface area contributed by atoms with Crippen LogP contribution in [0.2, 0.25) is 0 Å². The summed E-state index contributed by atoms with van der Waals surface area (Å²) in [6, 6.07) is 11.5. The predicted molar refractivity (Wildman–Crippen MR) is 92.5 cm³/mol. The maximum absolute atomic E-state index is 13.0. The summed E-state index contributed by atoms with van der Waals surface area (Å²) in [6.07, 6.45) is -0.872. The number of rotatable bonds is 4. The van der Waals surface area contributed by atoms with E-state index in [1.54, 1.807) is 38.1 Å². The minimum Gasteiger partial charge on any atom is -0.479 e. The number of Topliss-reactive ketones (excluding diaryl/α,β-unsaturated/α-hetero) is 1. The number of halogens is 1. The van der Waals surface area contributed by atoms with Crippen molar-refractivity contribution >= 4 is 17.6 Å². The predicted octanol–water partition coefficient (Wildman–Crippen LogP) is 3.09. The lowest BCUT2D eigenvalue weighted by atomic mass is 10.1. The third-order valence-corrected chi connectivity index (χ3v) is 4.20. The number of amides is 2. The van der Waals surface area contributed by atoms with Gasteiger partial charge in [0.2, 0.25) is 0 Å². The number of carbonyl (C=O) groups is 3. The zero-order valence-corrected chi connectivity index (χ0v) is 14.4. The van der Waals surface area contributed by atoms with Crippen molar-refractivity contribution < 1.29 is 23.5 Å². The Labute approximate surface area is 150 Å². The normalized spacial score (nSPS) is 16.9. The van der Waals surface area contributed by atoms with Crippen LogP contribution in [0.15, 0.2) is 48.5 Å². The number of benzene rings is 2. The Morgan fingerprint density at radius 1 is 1.12 bits per heavy atom. The van der Waals surface area contributed by atoms with Crippen molar-refractivity contribution in [3.8, 4) is 5.75 Å². The molecule has 0 spiro atoms. The van der Waals surface area contributed by atoms with Crippen LogP contribution in [0.1, 0.15) is 34.6 Å². The van der Waals surface area contributed by atoms with Crippen molar-refractivity contribution in [2.75, 3.05) is 6.54 Å². The van der Waals surface area contributed by atoms with E-state index in [0.717, 1.165) is 17.0 Å². The van der Waals surface area contributed by atoms with E-state index in [0.29, 0.717) is 5.75 Å². The van der Waals surface area contributed by atoms with E-state index in [9.17, 15) is 18.8 Å². The van der Waals surface area contributed by atoms with E-state index in [1.165, 1.54) is 12.1 Å². The van der Waals surface area contributed by atoms with Crippen LogP contribution in [-0.2, 0) is 4.79 Å². The fraction of sp³-hybridized carbons (Fsp3) is 0.250. The molecule has 0 aliphatic carbocycles. The Bertz CT molecular complexity index is 860. The molecule has 0 aromatic heterocycles. The molecule has 134 valence electrons.